The van der Waals surface area contributed by atoms with Gasteiger partial charge in [-0.25, -0.2) is 0 Å². The largest absolute Gasteiger partial charge is 0.497 e. The fourth-order valence-corrected chi connectivity index (χ4v) is 1.70. The molecule has 1 heterocycles. The zero-order valence-corrected chi connectivity index (χ0v) is 12.1. The first-order valence-corrected chi connectivity index (χ1v) is 6.67. The van der Waals surface area contributed by atoms with Crippen LogP contribution in [0.3, 0.4) is 0 Å². The number of aromatic nitrogens is 1. The number of hydrogen-bond donors (Lipinski definition) is 1. The molecule has 0 radical (unpaired) electrons. The van der Waals surface area contributed by atoms with E-state index in [4.69, 9.17) is 9.47 Å². The molecule has 2 aromatic rings. The lowest BCUT2D eigenvalue weighted by molar-refractivity contribution is 0.412. The molecular weight excluding hydrogens is 252 g/mol. The highest BCUT2D eigenvalue weighted by atomic mass is 16.5. The Morgan fingerprint density at radius 1 is 1.05 bits per heavy atom. The standard InChI is InChI=1S/C16H20N2O2/c1-12(2)18-11-13-10-16(8-9-17-13)20-15-6-4-14(19-3)5-7-15/h4-10,12,18H,11H2,1-3H3. The van der Waals surface area contributed by atoms with Crippen LogP contribution in [0.15, 0.2) is 42.6 Å². The molecule has 0 atom stereocenters. The molecule has 0 unspecified atom stereocenters. The third kappa shape index (κ3) is 4.24. The molecule has 0 fully saturated rings. The van der Waals surface area contributed by atoms with Gasteiger partial charge in [0.15, 0.2) is 0 Å². The van der Waals surface area contributed by atoms with Crippen molar-refractivity contribution in [2.75, 3.05) is 7.11 Å². The summed E-state index contributed by atoms with van der Waals surface area (Å²) in [6.07, 6.45) is 1.76. The summed E-state index contributed by atoms with van der Waals surface area (Å²) < 4.78 is 10.9. The van der Waals surface area contributed by atoms with Crippen LogP contribution in [0.1, 0.15) is 19.5 Å². The summed E-state index contributed by atoms with van der Waals surface area (Å²) in [4.78, 5) is 4.32. The van der Waals surface area contributed by atoms with Crippen LogP contribution in [0, 0.1) is 0 Å². The zero-order valence-electron chi connectivity index (χ0n) is 12.1. The molecule has 0 aliphatic rings. The van der Waals surface area contributed by atoms with Gasteiger partial charge in [0.05, 0.1) is 12.8 Å². The van der Waals surface area contributed by atoms with Crippen molar-refractivity contribution < 1.29 is 9.47 Å². The van der Waals surface area contributed by atoms with Crippen molar-refractivity contribution in [3.8, 4) is 17.2 Å². The lowest BCUT2D eigenvalue weighted by Gasteiger charge is -2.10. The smallest absolute Gasteiger partial charge is 0.130 e. The van der Waals surface area contributed by atoms with Gasteiger partial charge in [0.2, 0.25) is 0 Å². The number of hydrogen-bond acceptors (Lipinski definition) is 4. The van der Waals surface area contributed by atoms with E-state index in [1.165, 1.54) is 0 Å². The molecule has 1 N–H and O–H groups in total. The molecule has 0 bridgehead atoms. The van der Waals surface area contributed by atoms with Gasteiger partial charge in [0.1, 0.15) is 17.2 Å². The van der Waals surface area contributed by atoms with E-state index in [-0.39, 0.29) is 0 Å². The number of nitrogens with zero attached hydrogens (tertiary/aromatic N) is 1. The van der Waals surface area contributed by atoms with Crippen molar-refractivity contribution in [3.63, 3.8) is 0 Å². The molecular formula is C16H20N2O2. The minimum absolute atomic E-state index is 0.433. The Kier molecular flexibility index (Phi) is 4.96. The fraction of sp³-hybridized carbons (Fsp3) is 0.312. The molecule has 0 spiro atoms. The molecule has 2 rings (SSSR count). The first-order chi connectivity index (χ1) is 9.67. The predicted octanol–water partition coefficient (Wildman–Crippen LogP) is 3.38. The van der Waals surface area contributed by atoms with Gasteiger partial charge in [-0.3, -0.25) is 4.98 Å². The number of methoxy groups -OCH3 is 1. The lowest BCUT2D eigenvalue weighted by atomic mass is 10.3. The van der Waals surface area contributed by atoms with E-state index in [9.17, 15) is 0 Å². The van der Waals surface area contributed by atoms with Crippen molar-refractivity contribution >= 4 is 0 Å². The number of ether oxygens (including phenoxy) is 2. The molecule has 4 heteroatoms. The maximum atomic E-state index is 5.80. The van der Waals surface area contributed by atoms with Crippen LogP contribution in [0.25, 0.3) is 0 Å². The Labute approximate surface area is 119 Å². The Morgan fingerprint density at radius 3 is 2.40 bits per heavy atom. The van der Waals surface area contributed by atoms with E-state index in [1.54, 1.807) is 13.3 Å². The van der Waals surface area contributed by atoms with Gasteiger partial charge in [-0.2, -0.15) is 0 Å². The van der Waals surface area contributed by atoms with E-state index in [2.05, 4.69) is 24.1 Å². The Hall–Kier alpha value is -2.07. The van der Waals surface area contributed by atoms with Crippen molar-refractivity contribution in [1.29, 1.82) is 0 Å². The Bertz CT molecular complexity index is 538. The molecule has 0 aliphatic heterocycles. The SMILES string of the molecule is COc1ccc(Oc2ccnc(CNC(C)C)c2)cc1. The minimum Gasteiger partial charge on any atom is -0.497 e. The summed E-state index contributed by atoms with van der Waals surface area (Å²) in [6, 6.07) is 11.7. The summed E-state index contributed by atoms with van der Waals surface area (Å²) in [5.41, 5.74) is 0.963. The maximum Gasteiger partial charge on any atom is 0.130 e. The van der Waals surface area contributed by atoms with Crippen molar-refractivity contribution in [3.05, 3.63) is 48.3 Å². The molecule has 106 valence electrons. The summed E-state index contributed by atoms with van der Waals surface area (Å²) in [6.45, 7) is 4.95. The normalized spacial score (nSPS) is 10.6. The fourth-order valence-electron chi connectivity index (χ4n) is 1.70. The third-order valence-corrected chi connectivity index (χ3v) is 2.77. The average molecular weight is 272 g/mol. The maximum absolute atomic E-state index is 5.80. The summed E-state index contributed by atoms with van der Waals surface area (Å²) >= 11 is 0. The van der Waals surface area contributed by atoms with Gasteiger partial charge in [-0.05, 0) is 30.3 Å². The summed E-state index contributed by atoms with van der Waals surface area (Å²) in [7, 11) is 1.65. The highest BCUT2D eigenvalue weighted by Crippen LogP contribution is 2.23. The predicted molar refractivity (Wildman–Crippen MR) is 79.3 cm³/mol. The summed E-state index contributed by atoms with van der Waals surface area (Å²) in [5, 5.41) is 3.33. The lowest BCUT2D eigenvalue weighted by Crippen LogP contribution is -2.22. The molecule has 20 heavy (non-hydrogen) atoms. The molecule has 0 aliphatic carbocycles. The van der Waals surface area contributed by atoms with E-state index < -0.39 is 0 Å². The van der Waals surface area contributed by atoms with Gasteiger partial charge in [-0.1, -0.05) is 13.8 Å². The molecule has 4 nitrogen and oxygen atoms in total. The van der Waals surface area contributed by atoms with Crippen LogP contribution in [-0.4, -0.2) is 18.1 Å². The molecule has 1 aromatic heterocycles. The van der Waals surface area contributed by atoms with Gasteiger partial charge in [-0.15, -0.1) is 0 Å². The topological polar surface area (TPSA) is 43.4 Å². The van der Waals surface area contributed by atoms with Crippen LogP contribution < -0.4 is 14.8 Å². The van der Waals surface area contributed by atoms with E-state index in [0.717, 1.165) is 29.5 Å². The quantitative estimate of drug-likeness (QED) is 0.875. The molecule has 0 saturated heterocycles. The number of benzene rings is 1. The first kappa shape index (κ1) is 14.3. The van der Waals surface area contributed by atoms with Gasteiger partial charge in [0.25, 0.3) is 0 Å². The first-order valence-electron chi connectivity index (χ1n) is 6.67. The Morgan fingerprint density at radius 2 is 1.75 bits per heavy atom. The van der Waals surface area contributed by atoms with Crippen LogP contribution in [0.5, 0.6) is 17.2 Å². The molecule has 0 amide bonds. The van der Waals surface area contributed by atoms with Crippen molar-refractivity contribution in [1.82, 2.24) is 10.3 Å². The van der Waals surface area contributed by atoms with Crippen molar-refractivity contribution in [2.24, 2.45) is 0 Å². The third-order valence-electron chi connectivity index (χ3n) is 2.77. The number of nitrogens with one attached hydrogen (secondary N) is 1. The van der Waals surface area contributed by atoms with E-state index in [0.29, 0.717) is 6.04 Å². The van der Waals surface area contributed by atoms with Crippen LogP contribution in [0.4, 0.5) is 0 Å². The van der Waals surface area contributed by atoms with E-state index in [1.807, 2.05) is 36.4 Å². The number of pyridine rings is 1. The van der Waals surface area contributed by atoms with E-state index >= 15 is 0 Å². The average Bonchev–Trinajstić information content (AvgIpc) is 2.46. The summed E-state index contributed by atoms with van der Waals surface area (Å²) in [5.74, 6) is 2.37. The monoisotopic (exact) mass is 272 g/mol. The minimum atomic E-state index is 0.433. The van der Waals surface area contributed by atoms with Crippen LogP contribution in [-0.2, 0) is 6.54 Å². The van der Waals surface area contributed by atoms with Crippen molar-refractivity contribution in [2.45, 2.75) is 26.4 Å². The molecule has 0 saturated carbocycles. The second-order valence-corrected chi connectivity index (χ2v) is 4.80. The molecule has 1 aromatic carbocycles. The van der Waals surface area contributed by atoms with Gasteiger partial charge in [0, 0.05) is 24.8 Å². The second kappa shape index (κ2) is 6.91. The number of rotatable bonds is 6. The zero-order chi connectivity index (χ0) is 14.4. The highest BCUT2D eigenvalue weighted by Gasteiger charge is 2.02. The van der Waals surface area contributed by atoms with Gasteiger partial charge >= 0.3 is 0 Å². The second-order valence-electron chi connectivity index (χ2n) is 4.80. The van der Waals surface area contributed by atoms with Crippen LogP contribution in [0.2, 0.25) is 0 Å². The van der Waals surface area contributed by atoms with Gasteiger partial charge < -0.3 is 14.8 Å². The Balaban J connectivity index is 2.02. The van der Waals surface area contributed by atoms with Crippen LogP contribution >= 0.6 is 0 Å². The highest BCUT2D eigenvalue weighted by molar-refractivity contribution is 5.35.